The Kier molecular flexibility index (Phi) is 3.05. The Bertz CT molecular complexity index is 167. The SMILES string of the molecule is C=C/C=C(\C=O)C(=O)O. The van der Waals surface area contributed by atoms with E-state index in [9.17, 15) is 9.59 Å². The summed E-state index contributed by atoms with van der Waals surface area (Å²) in [5.41, 5.74) is -0.287. The van der Waals surface area contributed by atoms with E-state index in [0.717, 1.165) is 6.08 Å². The summed E-state index contributed by atoms with van der Waals surface area (Å²) in [6.45, 7) is 3.23. The molecular formula is C6H6O3. The van der Waals surface area contributed by atoms with Crippen molar-refractivity contribution < 1.29 is 14.7 Å². The lowest BCUT2D eigenvalue weighted by molar-refractivity contribution is -0.133. The molecule has 0 aliphatic rings. The van der Waals surface area contributed by atoms with E-state index in [1.807, 2.05) is 0 Å². The largest absolute Gasteiger partial charge is 0.478 e. The fourth-order valence-corrected chi connectivity index (χ4v) is 0.288. The van der Waals surface area contributed by atoms with Crippen LogP contribution in [0.3, 0.4) is 0 Å². The monoisotopic (exact) mass is 126 g/mol. The number of aldehydes is 1. The van der Waals surface area contributed by atoms with Crippen molar-refractivity contribution in [2.75, 3.05) is 0 Å². The first kappa shape index (κ1) is 7.62. The molecule has 0 radical (unpaired) electrons. The van der Waals surface area contributed by atoms with Crippen molar-refractivity contribution in [1.82, 2.24) is 0 Å². The number of carbonyl (C=O) groups excluding carboxylic acids is 1. The van der Waals surface area contributed by atoms with Gasteiger partial charge in [0.15, 0.2) is 6.29 Å². The lowest BCUT2D eigenvalue weighted by Crippen LogP contribution is -2.00. The average Bonchev–Trinajstić information content (AvgIpc) is 1.82. The van der Waals surface area contributed by atoms with Gasteiger partial charge in [0, 0.05) is 0 Å². The van der Waals surface area contributed by atoms with Gasteiger partial charge in [-0.3, -0.25) is 4.79 Å². The van der Waals surface area contributed by atoms with E-state index in [2.05, 4.69) is 6.58 Å². The lowest BCUT2D eigenvalue weighted by atomic mass is 10.3. The number of allylic oxidation sites excluding steroid dienone is 2. The second-order valence-electron chi connectivity index (χ2n) is 1.28. The second-order valence-corrected chi connectivity index (χ2v) is 1.28. The standard InChI is InChI=1S/C6H6O3/c1-2-3-5(4-7)6(8)9/h2-4H,1H2,(H,8,9)/b5-3+. The molecule has 0 rings (SSSR count). The fraction of sp³-hybridized carbons (Fsp3) is 0. The van der Waals surface area contributed by atoms with Crippen molar-refractivity contribution in [3.05, 3.63) is 24.3 Å². The molecule has 0 amide bonds. The molecular weight excluding hydrogens is 120 g/mol. The molecule has 3 heteroatoms. The van der Waals surface area contributed by atoms with Gasteiger partial charge < -0.3 is 5.11 Å². The van der Waals surface area contributed by atoms with Gasteiger partial charge in [-0.1, -0.05) is 12.7 Å². The van der Waals surface area contributed by atoms with Crippen molar-refractivity contribution in [2.45, 2.75) is 0 Å². The highest BCUT2D eigenvalue weighted by atomic mass is 16.4. The molecule has 48 valence electrons. The van der Waals surface area contributed by atoms with Crippen LogP contribution in [-0.4, -0.2) is 17.4 Å². The Hall–Kier alpha value is -1.38. The Morgan fingerprint density at radius 3 is 2.22 bits per heavy atom. The maximum atomic E-state index is 9.97. The number of hydrogen-bond donors (Lipinski definition) is 1. The number of aliphatic carboxylic acids is 1. The van der Waals surface area contributed by atoms with Crippen molar-refractivity contribution in [3.8, 4) is 0 Å². The smallest absolute Gasteiger partial charge is 0.339 e. The summed E-state index contributed by atoms with van der Waals surface area (Å²) in [6, 6.07) is 0. The molecule has 0 fully saturated rings. The summed E-state index contributed by atoms with van der Waals surface area (Å²) in [4.78, 5) is 19.8. The summed E-state index contributed by atoms with van der Waals surface area (Å²) in [5.74, 6) is -1.23. The summed E-state index contributed by atoms with van der Waals surface area (Å²) in [5, 5.41) is 8.16. The first-order chi connectivity index (χ1) is 4.22. The second kappa shape index (κ2) is 3.60. The minimum absolute atomic E-state index is 0.268. The average molecular weight is 126 g/mol. The fourth-order valence-electron chi connectivity index (χ4n) is 0.288. The van der Waals surface area contributed by atoms with Gasteiger partial charge in [0.25, 0.3) is 0 Å². The quantitative estimate of drug-likeness (QED) is 0.195. The Morgan fingerprint density at radius 1 is 1.56 bits per heavy atom. The van der Waals surface area contributed by atoms with E-state index >= 15 is 0 Å². The summed E-state index contributed by atoms with van der Waals surface area (Å²) in [7, 11) is 0. The van der Waals surface area contributed by atoms with Gasteiger partial charge in [-0.2, -0.15) is 0 Å². The Balaban J connectivity index is 4.32. The molecule has 0 unspecified atom stereocenters. The number of carboxylic acid groups (broad SMARTS) is 1. The number of hydrogen-bond acceptors (Lipinski definition) is 2. The van der Waals surface area contributed by atoms with Crippen LogP contribution in [0.5, 0.6) is 0 Å². The molecule has 9 heavy (non-hydrogen) atoms. The van der Waals surface area contributed by atoms with E-state index in [-0.39, 0.29) is 11.9 Å². The molecule has 0 heterocycles. The zero-order valence-electron chi connectivity index (χ0n) is 4.70. The van der Waals surface area contributed by atoms with Crippen LogP contribution in [0, 0.1) is 0 Å². The topological polar surface area (TPSA) is 54.4 Å². The Labute approximate surface area is 52.3 Å². The Morgan fingerprint density at radius 2 is 2.11 bits per heavy atom. The van der Waals surface area contributed by atoms with Crippen LogP contribution in [-0.2, 0) is 9.59 Å². The molecule has 0 bridgehead atoms. The maximum Gasteiger partial charge on any atom is 0.339 e. The van der Waals surface area contributed by atoms with Crippen LogP contribution in [0.4, 0.5) is 0 Å². The third-order valence-electron chi connectivity index (χ3n) is 0.671. The molecule has 0 spiro atoms. The van der Waals surface area contributed by atoms with Gasteiger partial charge in [0.05, 0.1) is 5.57 Å². The third-order valence-corrected chi connectivity index (χ3v) is 0.671. The highest BCUT2D eigenvalue weighted by Gasteiger charge is 2.01. The van der Waals surface area contributed by atoms with E-state index in [0.29, 0.717) is 0 Å². The molecule has 1 N–H and O–H groups in total. The van der Waals surface area contributed by atoms with Gasteiger partial charge in [0.2, 0.25) is 0 Å². The molecule has 0 aliphatic carbocycles. The number of rotatable bonds is 3. The van der Waals surface area contributed by atoms with Crippen LogP contribution in [0.15, 0.2) is 24.3 Å². The van der Waals surface area contributed by atoms with Crippen LogP contribution in [0.1, 0.15) is 0 Å². The zero-order chi connectivity index (χ0) is 7.28. The van der Waals surface area contributed by atoms with Crippen molar-refractivity contribution in [2.24, 2.45) is 0 Å². The molecule has 0 saturated heterocycles. The van der Waals surface area contributed by atoms with E-state index in [1.54, 1.807) is 0 Å². The van der Waals surface area contributed by atoms with Crippen molar-refractivity contribution in [3.63, 3.8) is 0 Å². The molecule has 3 nitrogen and oxygen atoms in total. The highest BCUT2D eigenvalue weighted by Crippen LogP contribution is 1.87. The molecule has 0 aliphatic heterocycles. The molecule has 0 saturated carbocycles. The van der Waals surface area contributed by atoms with Crippen LogP contribution in [0.2, 0.25) is 0 Å². The molecule has 0 aromatic heterocycles. The normalized spacial score (nSPS) is 10.4. The number of carbonyl (C=O) groups is 2. The molecule has 0 aromatic carbocycles. The lowest BCUT2D eigenvalue weighted by Gasteiger charge is -1.84. The predicted octanol–water partition coefficient (Wildman–Crippen LogP) is 0.382. The van der Waals surface area contributed by atoms with Gasteiger partial charge in [0.1, 0.15) is 0 Å². The van der Waals surface area contributed by atoms with E-state index in [4.69, 9.17) is 5.11 Å². The molecule has 0 aromatic rings. The summed E-state index contributed by atoms with van der Waals surface area (Å²) < 4.78 is 0. The number of carboxylic acids is 1. The first-order valence-electron chi connectivity index (χ1n) is 2.23. The zero-order valence-corrected chi connectivity index (χ0v) is 4.70. The van der Waals surface area contributed by atoms with Crippen molar-refractivity contribution >= 4 is 12.3 Å². The van der Waals surface area contributed by atoms with Gasteiger partial charge >= 0.3 is 5.97 Å². The summed E-state index contributed by atoms with van der Waals surface area (Å²) in [6.07, 6.45) is 2.65. The van der Waals surface area contributed by atoms with Crippen LogP contribution >= 0.6 is 0 Å². The maximum absolute atomic E-state index is 9.97. The van der Waals surface area contributed by atoms with Gasteiger partial charge in [-0.15, -0.1) is 0 Å². The minimum Gasteiger partial charge on any atom is -0.478 e. The first-order valence-corrected chi connectivity index (χ1v) is 2.23. The third kappa shape index (κ3) is 2.43. The van der Waals surface area contributed by atoms with Crippen LogP contribution in [0.25, 0.3) is 0 Å². The van der Waals surface area contributed by atoms with Gasteiger partial charge in [-0.05, 0) is 6.08 Å². The van der Waals surface area contributed by atoms with Crippen LogP contribution < -0.4 is 0 Å². The minimum atomic E-state index is -1.23. The summed E-state index contributed by atoms with van der Waals surface area (Å²) >= 11 is 0. The predicted molar refractivity (Wildman–Crippen MR) is 32.0 cm³/mol. The van der Waals surface area contributed by atoms with Crippen molar-refractivity contribution in [1.29, 1.82) is 0 Å². The van der Waals surface area contributed by atoms with Gasteiger partial charge in [-0.25, -0.2) is 4.79 Å². The van der Waals surface area contributed by atoms with E-state index < -0.39 is 5.97 Å². The van der Waals surface area contributed by atoms with E-state index in [1.165, 1.54) is 6.08 Å². The molecule has 0 atom stereocenters. The highest BCUT2D eigenvalue weighted by molar-refractivity contribution is 6.06.